The standard InChI is InChI=1S/C8H12O6/c1-8(2)13-5-3(9)4(6(10)11)12-7(5)14-8/h3-5,7,9H,1-2H3,(H,10,11)/t3-,4-,5-,7-/m0/s1. The molecule has 0 aromatic carbocycles. The van der Waals surface area contributed by atoms with E-state index in [-0.39, 0.29) is 0 Å². The SMILES string of the molecule is CC1(C)O[C@@H]2O[C@H](C(=O)O)[C@H](O)[C@@H]2O1. The van der Waals surface area contributed by atoms with Gasteiger partial charge in [0.2, 0.25) is 0 Å². The number of carboxylic acids is 1. The van der Waals surface area contributed by atoms with E-state index in [4.69, 9.17) is 19.3 Å². The summed E-state index contributed by atoms with van der Waals surface area (Å²) < 4.78 is 15.6. The minimum absolute atomic E-state index is 0.717. The molecule has 0 spiro atoms. The fourth-order valence-electron chi connectivity index (χ4n) is 1.70. The van der Waals surface area contributed by atoms with Crippen LogP contribution in [0.2, 0.25) is 0 Å². The lowest BCUT2D eigenvalue weighted by atomic mass is 10.1. The molecule has 4 atom stereocenters. The molecule has 2 heterocycles. The highest BCUT2D eigenvalue weighted by molar-refractivity contribution is 5.73. The van der Waals surface area contributed by atoms with Gasteiger partial charge >= 0.3 is 5.97 Å². The van der Waals surface area contributed by atoms with Gasteiger partial charge in [0.25, 0.3) is 0 Å². The summed E-state index contributed by atoms with van der Waals surface area (Å²) in [5.74, 6) is -2.04. The number of fused-ring (bicyclic) bond motifs is 1. The molecule has 6 nitrogen and oxygen atoms in total. The van der Waals surface area contributed by atoms with Gasteiger partial charge in [0, 0.05) is 0 Å². The van der Waals surface area contributed by atoms with E-state index in [1.807, 2.05) is 0 Å². The first kappa shape index (κ1) is 9.85. The molecular weight excluding hydrogens is 192 g/mol. The summed E-state index contributed by atoms with van der Waals surface area (Å²) in [5.41, 5.74) is 0. The molecular formula is C8H12O6. The van der Waals surface area contributed by atoms with Gasteiger partial charge in [-0.1, -0.05) is 0 Å². The van der Waals surface area contributed by atoms with Crippen molar-refractivity contribution in [1.82, 2.24) is 0 Å². The molecule has 0 unspecified atom stereocenters. The van der Waals surface area contributed by atoms with E-state index in [0.717, 1.165) is 0 Å². The second-order valence-electron chi connectivity index (χ2n) is 3.85. The Hall–Kier alpha value is -0.690. The van der Waals surface area contributed by atoms with Crippen molar-refractivity contribution in [1.29, 1.82) is 0 Å². The molecule has 0 radical (unpaired) electrons. The van der Waals surface area contributed by atoms with Crippen LogP contribution < -0.4 is 0 Å². The topological polar surface area (TPSA) is 85.2 Å². The van der Waals surface area contributed by atoms with Crippen molar-refractivity contribution >= 4 is 5.97 Å². The highest BCUT2D eigenvalue weighted by Crippen LogP contribution is 2.37. The quantitative estimate of drug-likeness (QED) is 0.588. The number of hydrogen-bond donors (Lipinski definition) is 2. The van der Waals surface area contributed by atoms with Crippen LogP contribution in [0.1, 0.15) is 13.8 Å². The fraction of sp³-hybridized carbons (Fsp3) is 0.875. The third-order valence-electron chi connectivity index (χ3n) is 2.26. The first-order valence-corrected chi connectivity index (χ1v) is 4.33. The molecule has 0 amide bonds. The van der Waals surface area contributed by atoms with E-state index >= 15 is 0 Å². The average Bonchev–Trinajstić information content (AvgIpc) is 2.46. The predicted octanol–water partition coefficient (Wildman–Crippen LogP) is -0.692. The normalized spacial score (nSPS) is 45.1. The van der Waals surface area contributed by atoms with Crippen LogP contribution in [0.5, 0.6) is 0 Å². The molecule has 2 aliphatic rings. The van der Waals surface area contributed by atoms with Crippen LogP contribution in [0.25, 0.3) is 0 Å². The lowest BCUT2D eigenvalue weighted by Crippen LogP contribution is -2.38. The van der Waals surface area contributed by atoms with E-state index in [1.165, 1.54) is 0 Å². The van der Waals surface area contributed by atoms with Crippen LogP contribution in [-0.2, 0) is 19.0 Å². The molecule has 2 fully saturated rings. The second kappa shape index (κ2) is 2.90. The molecule has 2 N–H and O–H groups in total. The molecule has 0 aromatic heterocycles. The highest BCUT2D eigenvalue weighted by Gasteiger charge is 2.56. The molecule has 14 heavy (non-hydrogen) atoms. The van der Waals surface area contributed by atoms with Crippen LogP contribution in [-0.4, -0.2) is 46.6 Å². The summed E-state index contributed by atoms with van der Waals surface area (Å²) in [4.78, 5) is 10.6. The number of carbonyl (C=O) groups is 1. The zero-order chi connectivity index (χ0) is 10.5. The fourth-order valence-corrected chi connectivity index (χ4v) is 1.70. The molecule has 0 aromatic rings. The summed E-state index contributed by atoms with van der Waals surface area (Å²) in [7, 11) is 0. The molecule has 0 saturated carbocycles. The Morgan fingerprint density at radius 2 is 2.00 bits per heavy atom. The minimum Gasteiger partial charge on any atom is -0.479 e. The summed E-state index contributed by atoms with van der Waals surface area (Å²) >= 11 is 0. The van der Waals surface area contributed by atoms with Gasteiger partial charge in [-0.25, -0.2) is 4.79 Å². The molecule has 0 aliphatic carbocycles. The lowest BCUT2D eigenvalue weighted by Gasteiger charge is -2.21. The van der Waals surface area contributed by atoms with Gasteiger partial charge in [-0.15, -0.1) is 0 Å². The second-order valence-corrected chi connectivity index (χ2v) is 3.85. The maximum Gasteiger partial charge on any atom is 0.335 e. The van der Waals surface area contributed by atoms with Gasteiger partial charge in [0.1, 0.15) is 12.2 Å². The summed E-state index contributed by atoms with van der Waals surface area (Å²) in [6.07, 6.45) is -3.95. The van der Waals surface area contributed by atoms with Crippen molar-refractivity contribution < 1.29 is 29.2 Å². The number of aliphatic hydroxyl groups is 1. The van der Waals surface area contributed by atoms with Gasteiger partial charge < -0.3 is 24.4 Å². The van der Waals surface area contributed by atoms with Crippen molar-refractivity contribution in [2.45, 2.75) is 44.2 Å². The Kier molecular flexibility index (Phi) is 2.04. The Bertz CT molecular complexity index is 263. The largest absolute Gasteiger partial charge is 0.479 e. The Balaban J connectivity index is 2.11. The number of aliphatic carboxylic acids is 1. The summed E-state index contributed by atoms with van der Waals surface area (Å²) in [6, 6.07) is 0. The molecule has 2 rings (SSSR count). The number of ether oxygens (including phenoxy) is 3. The van der Waals surface area contributed by atoms with Crippen molar-refractivity contribution in [2.24, 2.45) is 0 Å². The maximum absolute atomic E-state index is 10.6. The predicted molar refractivity (Wildman–Crippen MR) is 42.3 cm³/mol. The van der Waals surface area contributed by atoms with Crippen molar-refractivity contribution in [2.75, 3.05) is 0 Å². The zero-order valence-electron chi connectivity index (χ0n) is 7.84. The maximum atomic E-state index is 10.6. The Morgan fingerprint density at radius 3 is 2.50 bits per heavy atom. The molecule has 2 saturated heterocycles. The van der Waals surface area contributed by atoms with Crippen LogP contribution >= 0.6 is 0 Å². The van der Waals surface area contributed by atoms with E-state index in [1.54, 1.807) is 13.8 Å². The van der Waals surface area contributed by atoms with E-state index in [9.17, 15) is 9.90 Å². The average molecular weight is 204 g/mol. The van der Waals surface area contributed by atoms with Gasteiger partial charge in [-0.3, -0.25) is 0 Å². The minimum atomic E-state index is -1.26. The van der Waals surface area contributed by atoms with E-state index in [0.29, 0.717) is 0 Å². The number of rotatable bonds is 1. The number of aliphatic hydroxyl groups excluding tert-OH is 1. The zero-order valence-corrected chi connectivity index (χ0v) is 7.84. The third-order valence-corrected chi connectivity index (χ3v) is 2.26. The monoisotopic (exact) mass is 204 g/mol. The van der Waals surface area contributed by atoms with Gasteiger partial charge in [0.15, 0.2) is 18.2 Å². The third kappa shape index (κ3) is 1.40. The van der Waals surface area contributed by atoms with Gasteiger partial charge in [-0.2, -0.15) is 0 Å². The van der Waals surface area contributed by atoms with Crippen molar-refractivity contribution in [3.8, 4) is 0 Å². The van der Waals surface area contributed by atoms with Crippen LogP contribution in [0.15, 0.2) is 0 Å². The van der Waals surface area contributed by atoms with Gasteiger partial charge in [-0.05, 0) is 13.8 Å². The smallest absolute Gasteiger partial charge is 0.335 e. The van der Waals surface area contributed by atoms with Crippen molar-refractivity contribution in [3.63, 3.8) is 0 Å². The Morgan fingerprint density at radius 1 is 1.36 bits per heavy atom. The van der Waals surface area contributed by atoms with Crippen LogP contribution in [0.3, 0.4) is 0 Å². The van der Waals surface area contributed by atoms with Crippen molar-refractivity contribution in [3.05, 3.63) is 0 Å². The van der Waals surface area contributed by atoms with E-state index < -0.39 is 36.4 Å². The summed E-state index contributed by atoms with van der Waals surface area (Å²) in [5, 5.41) is 18.2. The first-order chi connectivity index (χ1) is 6.41. The lowest BCUT2D eigenvalue weighted by molar-refractivity contribution is -0.219. The number of hydrogen-bond acceptors (Lipinski definition) is 5. The van der Waals surface area contributed by atoms with Crippen LogP contribution in [0, 0.1) is 0 Å². The molecule has 6 heteroatoms. The first-order valence-electron chi connectivity index (χ1n) is 4.33. The highest BCUT2D eigenvalue weighted by atomic mass is 16.8. The molecule has 80 valence electrons. The number of carboxylic acid groups (broad SMARTS) is 1. The van der Waals surface area contributed by atoms with Crippen LogP contribution in [0.4, 0.5) is 0 Å². The molecule has 0 bridgehead atoms. The Labute approximate surface area is 80.4 Å². The van der Waals surface area contributed by atoms with Gasteiger partial charge in [0.05, 0.1) is 0 Å². The summed E-state index contributed by atoms with van der Waals surface area (Å²) in [6.45, 7) is 3.36. The van der Waals surface area contributed by atoms with E-state index in [2.05, 4.69) is 0 Å². The molecule has 2 aliphatic heterocycles.